The fraction of sp³-hybridized carbons (Fsp3) is 0.389. The number of benzene rings is 1. The molecule has 0 bridgehead atoms. The van der Waals surface area contributed by atoms with E-state index < -0.39 is 38.9 Å². The number of sulfone groups is 1. The first-order chi connectivity index (χ1) is 11.9. The average Bonchev–Trinajstić information content (AvgIpc) is 2.80. The molecule has 8 heteroatoms. The molecule has 0 spiro atoms. The van der Waals surface area contributed by atoms with Gasteiger partial charge in [-0.1, -0.05) is 18.2 Å². The van der Waals surface area contributed by atoms with Gasteiger partial charge in [0.05, 0.1) is 11.3 Å². The molecule has 1 aromatic carbocycles. The third kappa shape index (κ3) is 4.55. The highest BCUT2D eigenvalue weighted by Gasteiger charge is 2.31. The van der Waals surface area contributed by atoms with Crippen LogP contribution in [0.3, 0.4) is 0 Å². The van der Waals surface area contributed by atoms with Crippen molar-refractivity contribution in [2.75, 3.05) is 5.75 Å². The van der Waals surface area contributed by atoms with Gasteiger partial charge in [0.2, 0.25) is 0 Å². The molecular formula is C18H20F3NO3S. The number of rotatable bonds is 6. The van der Waals surface area contributed by atoms with Gasteiger partial charge >= 0.3 is 6.18 Å². The molecule has 2 rings (SSSR count). The van der Waals surface area contributed by atoms with Crippen LogP contribution in [0, 0.1) is 13.8 Å². The lowest BCUT2D eigenvalue weighted by Gasteiger charge is -2.09. The van der Waals surface area contributed by atoms with Crippen LogP contribution in [-0.2, 0) is 28.3 Å². The van der Waals surface area contributed by atoms with Crippen LogP contribution in [0.5, 0.6) is 0 Å². The summed E-state index contributed by atoms with van der Waals surface area (Å²) in [6.45, 7) is 6.13. The molecule has 0 N–H and O–H groups in total. The predicted octanol–water partition coefficient (Wildman–Crippen LogP) is 3.94. The number of aromatic nitrogens is 1. The van der Waals surface area contributed by atoms with Crippen molar-refractivity contribution in [1.29, 1.82) is 0 Å². The largest absolute Gasteiger partial charge is 0.416 e. The van der Waals surface area contributed by atoms with E-state index in [1.807, 2.05) is 18.4 Å². The van der Waals surface area contributed by atoms with Crippen LogP contribution in [0.25, 0.3) is 0 Å². The summed E-state index contributed by atoms with van der Waals surface area (Å²) in [4.78, 5) is 12.4. The topological polar surface area (TPSA) is 56.1 Å². The van der Waals surface area contributed by atoms with Gasteiger partial charge in [-0.3, -0.25) is 4.79 Å². The maximum Gasteiger partial charge on any atom is 0.416 e. The van der Waals surface area contributed by atoms with Crippen LogP contribution in [-0.4, -0.2) is 24.5 Å². The minimum absolute atomic E-state index is 0.00616. The van der Waals surface area contributed by atoms with Crippen molar-refractivity contribution in [3.63, 3.8) is 0 Å². The van der Waals surface area contributed by atoms with E-state index >= 15 is 0 Å². The number of hydrogen-bond donors (Lipinski definition) is 0. The monoisotopic (exact) mass is 387 g/mol. The van der Waals surface area contributed by atoms with Gasteiger partial charge in [-0.2, -0.15) is 13.2 Å². The minimum atomic E-state index is -4.55. The average molecular weight is 387 g/mol. The van der Waals surface area contributed by atoms with Crippen molar-refractivity contribution < 1.29 is 26.4 Å². The number of carbonyl (C=O) groups is 1. The van der Waals surface area contributed by atoms with Gasteiger partial charge in [0.15, 0.2) is 15.6 Å². The number of Topliss-reactive ketones (excluding diaryl/α,β-unsaturated/α-hetero) is 1. The van der Waals surface area contributed by atoms with Crippen molar-refractivity contribution in [3.8, 4) is 0 Å². The lowest BCUT2D eigenvalue weighted by molar-refractivity contribution is -0.137. The van der Waals surface area contributed by atoms with Gasteiger partial charge in [-0.25, -0.2) is 8.42 Å². The third-order valence-electron chi connectivity index (χ3n) is 4.18. The highest BCUT2D eigenvalue weighted by molar-refractivity contribution is 7.91. The SMILES string of the molecule is CCn1c(C)cc(C(=O)CS(=O)(=O)Cc2cccc(C(F)(F)F)c2)c1C. The highest BCUT2D eigenvalue weighted by Crippen LogP contribution is 2.30. The quantitative estimate of drug-likeness (QED) is 0.706. The van der Waals surface area contributed by atoms with E-state index in [4.69, 9.17) is 0 Å². The van der Waals surface area contributed by atoms with Crippen molar-refractivity contribution >= 4 is 15.6 Å². The summed E-state index contributed by atoms with van der Waals surface area (Å²) in [5.41, 5.74) is 0.958. The number of aryl methyl sites for hydroxylation is 1. The molecule has 0 unspecified atom stereocenters. The zero-order valence-electron chi connectivity index (χ0n) is 14.7. The van der Waals surface area contributed by atoms with Gasteiger partial charge in [0.25, 0.3) is 0 Å². The van der Waals surface area contributed by atoms with E-state index in [-0.39, 0.29) is 5.56 Å². The molecule has 142 valence electrons. The molecule has 0 atom stereocenters. The number of ketones is 1. The van der Waals surface area contributed by atoms with Gasteiger partial charge in [-0.15, -0.1) is 0 Å². The van der Waals surface area contributed by atoms with E-state index in [0.29, 0.717) is 17.8 Å². The zero-order chi connectivity index (χ0) is 19.7. The first-order valence-electron chi connectivity index (χ1n) is 8.01. The maximum atomic E-state index is 12.7. The Labute approximate surface area is 150 Å². The molecule has 0 fully saturated rings. The second kappa shape index (κ2) is 7.26. The molecule has 0 aliphatic heterocycles. The van der Waals surface area contributed by atoms with Gasteiger partial charge in [0, 0.05) is 23.5 Å². The summed E-state index contributed by atoms with van der Waals surface area (Å²) >= 11 is 0. The fourth-order valence-corrected chi connectivity index (χ4v) is 4.33. The highest BCUT2D eigenvalue weighted by atomic mass is 32.2. The van der Waals surface area contributed by atoms with Gasteiger partial charge in [0.1, 0.15) is 5.75 Å². The number of halogens is 3. The third-order valence-corrected chi connectivity index (χ3v) is 5.66. The lowest BCUT2D eigenvalue weighted by atomic mass is 10.1. The van der Waals surface area contributed by atoms with E-state index in [1.165, 1.54) is 6.07 Å². The molecule has 0 amide bonds. The van der Waals surface area contributed by atoms with Crippen LogP contribution < -0.4 is 0 Å². The summed E-state index contributed by atoms with van der Waals surface area (Å²) in [5.74, 6) is -1.91. The Morgan fingerprint density at radius 1 is 1.15 bits per heavy atom. The Kier molecular flexibility index (Phi) is 5.65. The second-order valence-electron chi connectivity index (χ2n) is 6.18. The number of alkyl halides is 3. The van der Waals surface area contributed by atoms with Gasteiger partial charge < -0.3 is 4.57 Å². The number of nitrogens with zero attached hydrogens (tertiary/aromatic N) is 1. The van der Waals surface area contributed by atoms with Crippen LogP contribution in [0.4, 0.5) is 13.2 Å². The smallest absolute Gasteiger partial charge is 0.349 e. The summed E-state index contributed by atoms with van der Waals surface area (Å²) in [7, 11) is -3.90. The molecule has 0 aliphatic carbocycles. The van der Waals surface area contributed by atoms with Crippen LogP contribution >= 0.6 is 0 Å². The minimum Gasteiger partial charge on any atom is -0.349 e. The molecule has 2 aromatic rings. The fourth-order valence-electron chi connectivity index (χ4n) is 2.99. The molecule has 1 aromatic heterocycles. The zero-order valence-corrected chi connectivity index (χ0v) is 15.5. The first-order valence-corrected chi connectivity index (χ1v) is 9.83. The van der Waals surface area contributed by atoms with E-state index in [9.17, 15) is 26.4 Å². The van der Waals surface area contributed by atoms with Crippen LogP contribution in [0.1, 0.15) is 39.8 Å². The predicted molar refractivity (Wildman–Crippen MR) is 92.8 cm³/mol. The van der Waals surface area contributed by atoms with Crippen molar-refractivity contribution in [2.24, 2.45) is 0 Å². The summed E-state index contributed by atoms with van der Waals surface area (Å²) in [6.07, 6.45) is -4.55. The Balaban J connectivity index is 2.20. The molecule has 1 heterocycles. The molecule has 0 saturated carbocycles. The Bertz CT molecular complexity index is 928. The van der Waals surface area contributed by atoms with E-state index in [1.54, 1.807) is 13.0 Å². The summed E-state index contributed by atoms with van der Waals surface area (Å²) in [5, 5.41) is 0. The van der Waals surface area contributed by atoms with Crippen molar-refractivity contribution in [2.45, 2.75) is 39.2 Å². The molecule has 0 radical (unpaired) electrons. The van der Waals surface area contributed by atoms with Crippen molar-refractivity contribution in [3.05, 3.63) is 58.4 Å². The van der Waals surface area contributed by atoms with E-state index in [2.05, 4.69) is 0 Å². The standard InChI is InChI=1S/C18H20F3NO3S/c1-4-22-12(2)8-16(13(22)3)17(23)11-26(24,25)10-14-6-5-7-15(9-14)18(19,20)21/h5-9H,4,10-11H2,1-3H3. The molecule has 0 aliphatic rings. The summed E-state index contributed by atoms with van der Waals surface area (Å²) in [6, 6.07) is 5.78. The Morgan fingerprint density at radius 3 is 2.35 bits per heavy atom. The molecule has 26 heavy (non-hydrogen) atoms. The maximum absolute atomic E-state index is 12.7. The number of hydrogen-bond acceptors (Lipinski definition) is 3. The summed E-state index contributed by atoms with van der Waals surface area (Å²) < 4.78 is 64.7. The molecule has 4 nitrogen and oxygen atoms in total. The van der Waals surface area contributed by atoms with Crippen LogP contribution in [0.2, 0.25) is 0 Å². The lowest BCUT2D eigenvalue weighted by Crippen LogP contribution is -2.19. The second-order valence-corrected chi connectivity index (χ2v) is 8.25. The number of carbonyl (C=O) groups excluding carboxylic acids is 1. The Morgan fingerprint density at radius 2 is 1.81 bits per heavy atom. The normalized spacial score (nSPS) is 12.4. The molecule has 0 saturated heterocycles. The van der Waals surface area contributed by atoms with Crippen molar-refractivity contribution in [1.82, 2.24) is 4.57 Å². The van der Waals surface area contributed by atoms with E-state index in [0.717, 1.165) is 23.9 Å². The molecular weight excluding hydrogens is 367 g/mol. The first kappa shape index (κ1) is 20.2. The van der Waals surface area contributed by atoms with Gasteiger partial charge in [-0.05, 0) is 38.5 Å². The Hall–Kier alpha value is -2.09. The van der Waals surface area contributed by atoms with Crippen LogP contribution in [0.15, 0.2) is 30.3 Å².